The average Bonchev–Trinajstić information content (AvgIpc) is 2.85. The molecule has 2 heterocycles. The van der Waals surface area contributed by atoms with Gasteiger partial charge < -0.3 is 9.73 Å². The largest absolute Gasteiger partial charge is 0.467 e. The molecule has 0 aliphatic carbocycles. The molecule has 0 spiro atoms. The molecular weight excluding hydrogens is 202 g/mol. The van der Waals surface area contributed by atoms with Crippen molar-refractivity contribution in [3.8, 4) is 0 Å². The van der Waals surface area contributed by atoms with Gasteiger partial charge in [0.25, 0.3) is 0 Å². The van der Waals surface area contributed by atoms with E-state index >= 15 is 0 Å². The third-order valence-corrected chi connectivity index (χ3v) is 2.27. The van der Waals surface area contributed by atoms with Gasteiger partial charge in [-0.25, -0.2) is 9.97 Å². The molecule has 1 atom stereocenters. The smallest absolute Gasteiger partial charge is 0.152 e. The van der Waals surface area contributed by atoms with Gasteiger partial charge in [-0.05, 0) is 31.2 Å². The number of furan rings is 1. The van der Waals surface area contributed by atoms with Crippen LogP contribution in [0.15, 0.2) is 41.3 Å². The van der Waals surface area contributed by atoms with E-state index in [0.717, 1.165) is 24.6 Å². The Labute approximate surface area is 94.7 Å². The van der Waals surface area contributed by atoms with Crippen LogP contribution >= 0.6 is 0 Å². The lowest BCUT2D eigenvalue weighted by Gasteiger charge is -2.14. The first-order valence-corrected chi connectivity index (χ1v) is 5.45. The topological polar surface area (TPSA) is 51.0 Å². The van der Waals surface area contributed by atoms with Crippen molar-refractivity contribution in [2.45, 2.75) is 19.4 Å². The van der Waals surface area contributed by atoms with Gasteiger partial charge in [0.1, 0.15) is 11.8 Å². The molecule has 0 aliphatic heterocycles. The Morgan fingerprint density at radius 3 is 2.75 bits per heavy atom. The number of rotatable bonds is 5. The van der Waals surface area contributed by atoms with E-state index in [0.29, 0.717) is 0 Å². The Morgan fingerprint density at radius 2 is 2.12 bits per heavy atom. The van der Waals surface area contributed by atoms with E-state index in [1.165, 1.54) is 0 Å². The summed E-state index contributed by atoms with van der Waals surface area (Å²) in [6.45, 7) is 3.03. The van der Waals surface area contributed by atoms with Crippen LogP contribution in [0.3, 0.4) is 0 Å². The molecule has 0 saturated heterocycles. The average molecular weight is 217 g/mol. The highest BCUT2D eigenvalue weighted by atomic mass is 16.3. The molecule has 1 unspecified atom stereocenters. The van der Waals surface area contributed by atoms with Crippen LogP contribution in [0.4, 0.5) is 0 Å². The van der Waals surface area contributed by atoms with Crippen molar-refractivity contribution in [3.63, 3.8) is 0 Å². The van der Waals surface area contributed by atoms with Crippen molar-refractivity contribution < 1.29 is 4.42 Å². The van der Waals surface area contributed by atoms with Gasteiger partial charge in [0.15, 0.2) is 5.82 Å². The van der Waals surface area contributed by atoms with E-state index in [2.05, 4.69) is 22.2 Å². The number of nitrogens with one attached hydrogen (secondary N) is 1. The molecule has 1 N–H and O–H groups in total. The highest BCUT2D eigenvalue weighted by Gasteiger charge is 2.17. The molecule has 16 heavy (non-hydrogen) atoms. The summed E-state index contributed by atoms with van der Waals surface area (Å²) in [5.41, 5.74) is 0. The third kappa shape index (κ3) is 2.46. The molecule has 0 amide bonds. The molecule has 84 valence electrons. The fourth-order valence-electron chi connectivity index (χ4n) is 1.52. The van der Waals surface area contributed by atoms with Gasteiger partial charge in [-0.3, -0.25) is 0 Å². The van der Waals surface area contributed by atoms with Crippen LogP contribution < -0.4 is 5.32 Å². The van der Waals surface area contributed by atoms with Gasteiger partial charge in [-0.1, -0.05) is 6.92 Å². The molecule has 0 radical (unpaired) electrons. The first kappa shape index (κ1) is 10.8. The van der Waals surface area contributed by atoms with Crippen molar-refractivity contribution in [1.82, 2.24) is 15.3 Å². The summed E-state index contributed by atoms with van der Waals surface area (Å²) in [6, 6.07) is 5.56. The molecule has 0 saturated carbocycles. The first-order valence-electron chi connectivity index (χ1n) is 5.45. The maximum atomic E-state index is 5.40. The number of hydrogen-bond donors (Lipinski definition) is 1. The van der Waals surface area contributed by atoms with Gasteiger partial charge in [0.05, 0.1) is 6.26 Å². The van der Waals surface area contributed by atoms with Crippen molar-refractivity contribution in [3.05, 3.63) is 48.4 Å². The molecule has 2 aromatic rings. The highest BCUT2D eigenvalue weighted by Crippen LogP contribution is 2.18. The fourth-order valence-corrected chi connectivity index (χ4v) is 1.52. The minimum atomic E-state index is -0.0591. The lowest BCUT2D eigenvalue weighted by Crippen LogP contribution is -2.24. The zero-order valence-electron chi connectivity index (χ0n) is 9.26. The third-order valence-electron chi connectivity index (χ3n) is 2.27. The first-order chi connectivity index (χ1) is 7.92. The molecule has 2 aromatic heterocycles. The van der Waals surface area contributed by atoms with Gasteiger partial charge in [0, 0.05) is 12.4 Å². The lowest BCUT2D eigenvalue weighted by atomic mass is 10.2. The SMILES string of the molecule is CCCNC(c1ncccn1)c1ccco1. The zero-order valence-corrected chi connectivity index (χ0v) is 9.26. The molecular formula is C12H15N3O. The van der Waals surface area contributed by atoms with Crippen LogP contribution in [0.1, 0.15) is 31.0 Å². The van der Waals surface area contributed by atoms with Gasteiger partial charge in [-0.2, -0.15) is 0 Å². The standard InChI is InChI=1S/C12H15N3O/c1-2-6-13-11(10-5-3-9-16-10)12-14-7-4-8-15-12/h3-5,7-9,11,13H,2,6H2,1H3. The lowest BCUT2D eigenvalue weighted by molar-refractivity contribution is 0.436. The number of nitrogens with zero attached hydrogens (tertiary/aromatic N) is 2. The number of aromatic nitrogens is 2. The molecule has 0 aromatic carbocycles. The Bertz CT molecular complexity index is 399. The van der Waals surface area contributed by atoms with E-state index in [-0.39, 0.29) is 6.04 Å². The maximum absolute atomic E-state index is 5.40. The second kappa shape index (κ2) is 5.42. The van der Waals surface area contributed by atoms with Crippen LogP contribution in [-0.2, 0) is 0 Å². The molecule has 0 bridgehead atoms. The van der Waals surface area contributed by atoms with Crippen molar-refractivity contribution in [1.29, 1.82) is 0 Å². The fraction of sp³-hybridized carbons (Fsp3) is 0.333. The molecule has 0 aliphatic rings. The highest BCUT2D eigenvalue weighted by molar-refractivity contribution is 5.14. The summed E-state index contributed by atoms with van der Waals surface area (Å²) in [5.74, 6) is 1.59. The van der Waals surface area contributed by atoms with Gasteiger partial charge >= 0.3 is 0 Å². The Kier molecular flexibility index (Phi) is 3.66. The Hall–Kier alpha value is -1.68. The predicted molar refractivity (Wildman–Crippen MR) is 60.9 cm³/mol. The van der Waals surface area contributed by atoms with E-state index in [9.17, 15) is 0 Å². The quantitative estimate of drug-likeness (QED) is 0.833. The van der Waals surface area contributed by atoms with Crippen LogP contribution in [0.5, 0.6) is 0 Å². The van der Waals surface area contributed by atoms with Crippen molar-refractivity contribution in [2.24, 2.45) is 0 Å². The monoisotopic (exact) mass is 217 g/mol. The molecule has 4 heteroatoms. The predicted octanol–water partition coefficient (Wildman–Crippen LogP) is 2.16. The zero-order chi connectivity index (χ0) is 11.2. The summed E-state index contributed by atoms with van der Waals surface area (Å²) in [5, 5.41) is 3.37. The Morgan fingerprint density at radius 1 is 1.31 bits per heavy atom. The van der Waals surface area contributed by atoms with Crippen LogP contribution in [-0.4, -0.2) is 16.5 Å². The minimum Gasteiger partial charge on any atom is -0.467 e. The minimum absolute atomic E-state index is 0.0591. The molecule has 4 nitrogen and oxygen atoms in total. The number of hydrogen-bond acceptors (Lipinski definition) is 4. The Balaban J connectivity index is 2.21. The molecule has 0 fully saturated rings. The van der Waals surface area contributed by atoms with E-state index in [4.69, 9.17) is 4.42 Å². The van der Waals surface area contributed by atoms with E-state index in [1.807, 2.05) is 18.2 Å². The molecule has 2 rings (SSSR count). The summed E-state index contributed by atoms with van der Waals surface area (Å²) in [7, 11) is 0. The second-order valence-corrected chi connectivity index (χ2v) is 3.51. The summed E-state index contributed by atoms with van der Waals surface area (Å²) < 4.78 is 5.40. The van der Waals surface area contributed by atoms with Crippen LogP contribution in [0.25, 0.3) is 0 Å². The van der Waals surface area contributed by atoms with Crippen LogP contribution in [0, 0.1) is 0 Å². The van der Waals surface area contributed by atoms with E-state index < -0.39 is 0 Å². The van der Waals surface area contributed by atoms with Gasteiger partial charge in [-0.15, -0.1) is 0 Å². The van der Waals surface area contributed by atoms with Crippen molar-refractivity contribution in [2.75, 3.05) is 6.54 Å². The van der Waals surface area contributed by atoms with Gasteiger partial charge in [0.2, 0.25) is 0 Å². The van der Waals surface area contributed by atoms with Crippen LogP contribution in [0.2, 0.25) is 0 Å². The summed E-state index contributed by atoms with van der Waals surface area (Å²) >= 11 is 0. The van der Waals surface area contributed by atoms with Crippen molar-refractivity contribution >= 4 is 0 Å². The normalized spacial score (nSPS) is 12.6. The maximum Gasteiger partial charge on any atom is 0.152 e. The van der Waals surface area contributed by atoms with E-state index in [1.54, 1.807) is 18.7 Å². The second-order valence-electron chi connectivity index (χ2n) is 3.51. The summed E-state index contributed by atoms with van der Waals surface area (Å²) in [4.78, 5) is 8.51. The summed E-state index contributed by atoms with van der Waals surface area (Å²) in [6.07, 6.45) is 6.21.